The Morgan fingerprint density at radius 3 is 1.96 bits per heavy atom. The number of aromatic nitrogens is 2. The zero-order valence-electron chi connectivity index (χ0n) is 13.8. The van der Waals surface area contributed by atoms with Gasteiger partial charge in [-0.1, -0.05) is 12.1 Å². The highest BCUT2D eigenvalue weighted by molar-refractivity contribution is 5.66. The van der Waals surface area contributed by atoms with Crippen molar-refractivity contribution in [1.82, 2.24) is 9.97 Å². The molecule has 3 aromatic rings. The lowest BCUT2D eigenvalue weighted by Crippen LogP contribution is -2.36. The Bertz CT molecular complexity index is 842. The summed E-state index contributed by atoms with van der Waals surface area (Å²) in [7, 11) is 0. The topological polar surface area (TPSA) is 58.5 Å². The van der Waals surface area contributed by atoms with Crippen LogP contribution in [0.2, 0.25) is 0 Å². The zero-order chi connectivity index (χ0) is 17.1. The van der Waals surface area contributed by atoms with E-state index in [1.807, 2.05) is 12.1 Å². The summed E-state index contributed by atoms with van der Waals surface area (Å²) in [5, 5.41) is 9.42. The van der Waals surface area contributed by atoms with Gasteiger partial charge in [0.15, 0.2) is 0 Å². The molecule has 25 heavy (non-hydrogen) atoms. The first kappa shape index (κ1) is 15.6. The van der Waals surface area contributed by atoms with Crippen LogP contribution in [0.5, 0.6) is 5.75 Å². The molecule has 0 saturated carbocycles. The molecule has 126 valence electrons. The lowest BCUT2D eigenvalue weighted by Gasteiger charge is -2.28. The molecule has 0 radical (unpaired) electrons. The maximum absolute atomic E-state index is 9.42. The van der Waals surface area contributed by atoms with Crippen molar-refractivity contribution in [3.63, 3.8) is 0 Å². The first-order valence-corrected chi connectivity index (χ1v) is 8.34. The van der Waals surface area contributed by atoms with Crippen molar-refractivity contribution in [2.45, 2.75) is 0 Å². The van der Waals surface area contributed by atoms with E-state index in [0.717, 1.165) is 48.8 Å². The average molecular weight is 333 g/mol. The molecule has 0 aliphatic carbocycles. The van der Waals surface area contributed by atoms with Gasteiger partial charge in [0.2, 0.25) is 0 Å². The number of ether oxygens (including phenoxy) is 1. The van der Waals surface area contributed by atoms with Crippen molar-refractivity contribution in [3.8, 4) is 28.3 Å². The third-order valence-corrected chi connectivity index (χ3v) is 4.34. The molecule has 0 atom stereocenters. The minimum Gasteiger partial charge on any atom is -0.508 e. The molecule has 1 aliphatic rings. The SMILES string of the molecule is Oc1ccc(-c2cncc(-c3ccc(N4CCOCC4)cc3)n2)cc1. The van der Waals surface area contributed by atoms with Gasteiger partial charge in [0.25, 0.3) is 0 Å². The Balaban J connectivity index is 1.59. The van der Waals surface area contributed by atoms with Gasteiger partial charge in [-0.3, -0.25) is 4.98 Å². The Kier molecular flexibility index (Phi) is 4.31. The summed E-state index contributed by atoms with van der Waals surface area (Å²) in [5.74, 6) is 0.242. The number of rotatable bonds is 3. The first-order valence-electron chi connectivity index (χ1n) is 8.34. The average Bonchev–Trinajstić information content (AvgIpc) is 2.69. The van der Waals surface area contributed by atoms with Crippen LogP contribution in [-0.4, -0.2) is 41.4 Å². The highest BCUT2D eigenvalue weighted by Crippen LogP contribution is 2.25. The molecule has 1 N–H and O–H groups in total. The molecule has 1 fully saturated rings. The number of phenols is 1. The molecule has 1 aromatic heterocycles. The summed E-state index contributed by atoms with van der Waals surface area (Å²) in [6.07, 6.45) is 3.51. The lowest BCUT2D eigenvalue weighted by atomic mass is 10.1. The fourth-order valence-corrected chi connectivity index (χ4v) is 2.94. The van der Waals surface area contributed by atoms with Gasteiger partial charge in [-0.15, -0.1) is 0 Å². The van der Waals surface area contributed by atoms with Gasteiger partial charge in [-0.2, -0.15) is 0 Å². The van der Waals surface area contributed by atoms with Crippen LogP contribution in [0, 0.1) is 0 Å². The summed E-state index contributed by atoms with van der Waals surface area (Å²) in [6, 6.07) is 15.4. The number of benzene rings is 2. The van der Waals surface area contributed by atoms with Crippen LogP contribution in [0.25, 0.3) is 22.5 Å². The number of aromatic hydroxyl groups is 1. The Hall–Kier alpha value is -2.92. The fourth-order valence-electron chi connectivity index (χ4n) is 2.94. The van der Waals surface area contributed by atoms with E-state index in [9.17, 15) is 5.11 Å². The van der Waals surface area contributed by atoms with Gasteiger partial charge < -0.3 is 14.7 Å². The lowest BCUT2D eigenvalue weighted by molar-refractivity contribution is 0.122. The highest BCUT2D eigenvalue weighted by atomic mass is 16.5. The van der Waals surface area contributed by atoms with E-state index < -0.39 is 0 Å². The van der Waals surface area contributed by atoms with Crippen LogP contribution in [0.4, 0.5) is 5.69 Å². The molecule has 2 heterocycles. The number of phenolic OH excluding ortho intramolecular Hbond substituents is 1. The van der Waals surface area contributed by atoms with Crippen molar-refractivity contribution in [2.24, 2.45) is 0 Å². The number of nitrogens with zero attached hydrogens (tertiary/aromatic N) is 3. The van der Waals surface area contributed by atoms with Crippen molar-refractivity contribution in [3.05, 3.63) is 60.9 Å². The predicted molar refractivity (Wildman–Crippen MR) is 97.6 cm³/mol. The summed E-state index contributed by atoms with van der Waals surface area (Å²) < 4.78 is 5.40. The van der Waals surface area contributed by atoms with Crippen LogP contribution < -0.4 is 4.90 Å². The smallest absolute Gasteiger partial charge is 0.115 e. The molecular weight excluding hydrogens is 314 g/mol. The van der Waals surface area contributed by atoms with Gasteiger partial charge in [-0.25, -0.2) is 4.98 Å². The van der Waals surface area contributed by atoms with Gasteiger partial charge in [0.05, 0.1) is 37.0 Å². The first-order chi connectivity index (χ1) is 12.3. The second kappa shape index (κ2) is 6.91. The molecule has 0 amide bonds. The van der Waals surface area contributed by atoms with Crippen molar-refractivity contribution in [1.29, 1.82) is 0 Å². The van der Waals surface area contributed by atoms with Crippen LogP contribution in [-0.2, 0) is 4.74 Å². The van der Waals surface area contributed by atoms with E-state index in [2.05, 4.69) is 34.1 Å². The number of hydrogen-bond donors (Lipinski definition) is 1. The number of morpholine rings is 1. The van der Waals surface area contributed by atoms with Crippen molar-refractivity contribution < 1.29 is 9.84 Å². The van der Waals surface area contributed by atoms with E-state index in [1.165, 1.54) is 5.69 Å². The van der Waals surface area contributed by atoms with E-state index in [1.54, 1.807) is 24.5 Å². The molecule has 5 heteroatoms. The maximum atomic E-state index is 9.42. The second-order valence-corrected chi connectivity index (χ2v) is 5.98. The summed E-state index contributed by atoms with van der Waals surface area (Å²) in [5.41, 5.74) is 4.78. The zero-order valence-corrected chi connectivity index (χ0v) is 13.8. The molecule has 1 aliphatic heterocycles. The quantitative estimate of drug-likeness (QED) is 0.796. The van der Waals surface area contributed by atoms with E-state index in [4.69, 9.17) is 9.72 Å². The standard InChI is InChI=1S/C20H19N3O2/c24-18-7-3-16(4-8-18)20-14-21-13-19(22-20)15-1-5-17(6-2-15)23-9-11-25-12-10-23/h1-8,13-14,24H,9-12H2. The summed E-state index contributed by atoms with van der Waals surface area (Å²) in [6.45, 7) is 3.41. The minimum absolute atomic E-state index is 0.242. The van der Waals surface area contributed by atoms with Crippen LogP contribution in [0.1, 0.15) is 0 Å². The summed E-state index contributed by atoms with van der Waals surface area (Å²) >= 11 is 0. The molecule has 5 nitrogen and oxygen atoms in total. The van der Waals surface area contributed by atoms with Gasteiger partial charge in [-0.05, 0) is 36.4 Å². The number of anilines is 1. The third kappa shape index (κ3) is 3.46. The van der Waals surface area contributed by atoms with Crippen molar-refractivity contribution >= 4 is 5.69 Å². The summed E-state index contributed by atoms with van der Waals surface area (Å²) in [4.78, 5) is 11.4. The van der Waals surface area contributed by atoms with E-state index in [0.29, 0.717) is 0 Å². The van der Waals surface area contributed by atoms with Gasteiger partial charge in [0.1, 0.15) is 5.75 Å². The van der Waals surface area contributed by atoms with Crippen LogP contribution in [0.3, 0.4) is 0 Å². The minimum atomic E-state index is 0.242. The van der Waals surface area contributed by atoms with Crippen LogP contribution in [0.15, 0.2) is 60.9 Å². The van der Waals surface area contributed by atoms with E-state index in [-0.39, 0.29) is 5.75 Å². The normalized spacial score (nSPS) is 14.5. The Morgan fingerprint density at radius 1 is 0.800 bits per heavy atom. The second-order valence-electron chi connectivity index (χ2n) is 5.98. The monoisotopic (exact) mass is 333 g/mol. The van der Waals surface area contributed by atoms with Gasteiger partial charge in [0, 0.05) is 29.9 Å². The largest absolute Gasteiger partial charge is 0.508 e. The predicted octanol–water partition coefficient (Wildman–Crippen LogP) is 3.35. The fraction of sp³-hybridized carbons (Fsp3) is 0.200. The maximum Gasteiger partial charge on any atom is 0.115 e. The molecular formula is C20H19N3O2. The Morgan fingerprint density at radius 2 is 1.36 bits per heavy atom. The number of hydrogen-bond acceptors (Lipinski definition) is 5. The van der Waals surface area contributed by atoms with E-state index >= 15 is 0 Å². The molecule has 2 aromatic carbocycles. The highest BCUT2D eigenvalue weighted by Gasteiger charge is 2.11. The Labute approximate surface area is 146 Å². The molecule has 0 unspecified atom stereocenters. The van der Waals surface area contributed by atoms with Crippen molar-refractivity contribution in [2.75, 3.05) is 31.2 Å². The molecule has 0 spiro atoms. The molecule has 1 saturated heterocycles. The molecule has 4 rings (SSSR count). The van der Waals surface area contributed by atoms with Crippen LogP contribution >= 0.6 is 0 Å². The third-order valence-electron chi connectivity index (χ3n) is 4.34. The van der Waals surface area contributed by atoms with Gasteiger partial charge >= 0.3 is 0 Å². The molecule has 0 bridgehead atoms.